The van der Waals surface area contributed by atoms with Crippen LogP contribution in [0.3, 0.4) is 0 Å². The lowest BCUT2D eigenvalue weighted by Gasteiger charge is -2.33. The van der Waals surface area contributed by atoms with Gasteiger partial charge in [-0.25, -0.2) is 0 Å². The fraction of sp³-hybridized carbons (Fsp3) is 0.923. The van der Waals surface area contributed by atoms with Crippen LogP contribution in [0.2, 0.25) is 0 Å². The van der Waals surface area contributed by atoms with Crippen LogP contribution >= 0.6 is 0 Å². The van der Waals surface area contributed by atoms with Gasteiger partial charge in [0.2, 0.25) is 0 Å². The van der Waals surface area contributed by atoms with Crippen molar-refractivity contribution in [3.63, 3.8) is 0 Å². The van der Waals surface area contributed by atoms with E-state index in [2.05, 4.69) is 4.90 Å². The minimum Gasteiger partial charge on any atom is -0.466 e. The zero-order valence-electron chi connectivity index (χ0n) is 10.3. The highest BCUT2D eigenvalue weighted by Crippen LogP contribution is 2.28. The molecule has 0 aromatic carbocycles. The van der Waals surface area contributed by atoms with Crippen LogP contribution < -0.4 is 0 Å². The van der Waals surface area contributed by atoms with Gasteiger partial charge < -0.3 is 9.64 Å². The van der Waals surface area contributed by atoms with Crippen LogP contribution in [0.1, 0.15) is 45.4 Å². The van der Waals surface area contributed by atoms with E-state index < -0.39 is 0 Å². The Kier molecular flexibility index (Phi) is 4.22. The molecule has 0 spiro atoms. The van der Waals surface area contributed by atoms with Crippen molar-refractivity contribution in [2.24, 2.45) is 5.92 Å². The van der Waals surface area contributed by atoms with E-state index in [0.717, 1.165) is 25.4 Å². The van der Waals surface area contributed by atoms with Crippen LogP contribution in [-0.2, 0) is 9.53 Å². The molecule has 2 saturated heterocycles. The first-order valence-electron chi connectivity index (χ1n) is 6.72. The maximum atomic E-state index is 11.7. The maximum absolute atomic E-state index is 11.7. The molecule has 2 fully saturated rings. The molecular formula is C13H23NO2. The summed E-state index contributed by atoms with van der Waals surface area (Å²) in [6, 6.07) is 0.744. The number of hydrogen-bond donors (Lipinski definition) is 0. The fourth-order valence-corrected chi connectivity index (χ4v) is 3.04. The normalized spacial score (nSPS) is 31.6. The lowest BCUT2D eigenvalue weighted by molar-refractivity contribution is -0.148. The molecular weight excluding hydrogens is 202 g/mol. The number of nitrogens with zero attached hydrogens (tertiary/aromatic N) is 1. The van der Waals surface area contributed by atoms with Crippen molar-refractivity contribution in [3.8, 4) is 0 Å². The first-order chi connectivity index (χ1) is 7.81. The first kappa shape index (κ1) is 11.9. The van der Waals surface area contributed by atoms with Crippen molar-refractivity contribution >= 4 is 5.97 Å². The summed E-state index contributed by atoms with van der Waals surface area (Å²) in [6.07, 6.45) is 7.24. The molecule has 0 radical (unpaired) electrons. The molecule has 2 aliphatic heterocycles. The lowest BCUT2D eigenvalue weighted by Crippen LogP contribution is -2.38. The number of carbonyl (C=O) groups excluding carboxylic acids is 1. The summed E-state index contributed by atoms with van der Waals surface area (Å²) in [6.45, 7) is 4.73. The van der Waals surface area contributed by atoms with Gasteiger partial charge in [-0.15, -0.1) is 0 Å². The molecule has 0 saturated carbocycles. The highest BCUT2D eigenvalue weighted by atomic mass is 16.5. The van der Waals surface area contributed by atoms with Gasteiger partial charge in [0.1, 0.15) is 0 Å². The van der Waals surface area contributed by atoms with Gasteiger partial charge in [-0.05, 0) is 52.1 Å². The average Bonchev–Trinajstić information content (AvgIpc) is 2.51. The molecule has 3 nitrogen and oxygen atoms in total. The van der Waals surface area contributed by atoms with Gasteiger partial charge in [0.05, 0.1) is 12.5 Å². The Morgan fingerprint density at radius 2 is 2.06 bits per heavy atom. The van der Waals surface area contributed by atoms with Gasteiger partial charge in [0.15, 0.2) is 0 Å². The van der Waals surface area contributed by atoms with Crippen molar-refractivity contribution in [2.75, 3.05) is 19.7 Å². The summed E-state index contributed by atoms with van der Waals surface area (Å²) in [5.41, 5.74) is 0. The number of esters is 1. The minimum atomic E-state index is 0.0300. The third kappa shape index (κ3) is 2.76. The molecule has 2 rings (SSSR count). The fourth-order valence-electron chi connectivity index (χ4n) is 3.04. The van der Waals surface area contributed by atoms with Gasteiger partial charge >= 0.3 is 5.97 Å². The van der Waals surface area contributed by atoms with E-state index >= 15 is 0 Å². The van der Waals surface area contributed by atoms with Crippen molar-refractivity contribution in [2.45, 2.75) is 51.5 Å². The van der Waals surface area contributed by atoms with Gasteiger partial charge in [-0.2, -0.15) is 0 Å². The Hall–Kier alpha value is -0.570. The van der Waals surface area contributed by atoms with Gasteiger partial charge in [0.25, 0.3) is 0 Å². The number of fused-ring (bicyclic) bond motifs is 1. The molecule has 16 heavy (non-hydrogen) atoms. The number of ether oxygens (including phenoxy) is 1. The van der Waals surface area contributed by atoms with Gasteiger partial charge in [0, 0.05) is 6.04 Å². The number of carbonyl (C=O) groups is 1. The molecule has 2 unspecified atom stereocenters. The molecule has 3 heteroatoms. The predicted octanol–water partition coefficient (Wildman–Crippen LogP) is 2.20. The Balaban J connectivity index is 1.89. The summed E-state index contributed by atoms with van der Waals surface area (Å²) in [7, 11) is 0. The summed E-state index contributed by atoms with van der Waals surface area (Å²) in [5, 5.41) is 0. The smallest absolute Gasteiger partial charge is 0.308 e. The summed E-state index contributed by atoms with van der Waals surface area (Å²) in [5.74, 6) is 0.188. The number of piperidine rings is 1. The van der Waals surface area contributed by atoms with E-state index in [1.54, 1.807) is 0 Å². The topological polar surface area (TPSA) is 29.5 Å². The van der Waals surface area contributed by atoms with Gasteiger partial charge in [-0.3, -0.25) is 4.79 Å². The van der Waals surface area contributed by atoms with E-state index in [-0.39, 0.29) is 11.9 Å². The molecule has 92 valence electrons. The molecule has 0 bridgehead atoms. The van der Waals surface area contributed by atoms with Crippen LogP contribution in [-0.4, -0.2) is 36.6 Å². The summed E-state index contributed by atoms with van der Waals surface area (Å²) in [4.78, 5) is 14.3. The van der Waals surface area contributed by atoms with Crippen molar-refractivity contribution in [1.29, 1.82) is 0 Å². The van der Waals surface area contributed by atoms with E-state index in [1.807, 2.05) is 6.92 Å². The monoisotopic (exact) mass is 225 g/mol. The standard InChI is InChI=1S/C13H23NO2/c1-2-16-13(15)11-6-7-12-5-3-4-9-14(12)10-8-11/h11-12H,2-10H2,1H3. The molecule has 0 aromatic rings. The summed E-state index contributed by atoms with van der Waals surface area (Å²) >= 11 is 0. The zero-order chi connectivity index (χ0) is 11.4. The van der Waals surface area contributed by atoms with E-state index in [9.17, 15) is 4.79 Å². The lowest BCUT2D eigenvalue weighted by atomic mass is 9.96. The Morgan fingerprint density at radius 1 is 1.19 bits per heavy atom. The van der Waals surface area contributed by atoms with E-state index in [1.165, 1.54) is 32.2 Å². The van der Waals surface area contributed by atoms with Crippen LogP contribution in [0.5, 0.6) is 0 Å². The third-order valence-electron chi connectivity index (χ3n) is 3.98. The maximum Gasteiger partial charge on any atom is 0.308 e. The van der Waals surface area contributed by atoms with Gasteiger partial charge in [-0.1, -0.05) is 6.42 Å². The Labute approximate surface area is 98.1 Å². The summed E-state index contributed by atoms with van der Waals surface area (Å²) < 4.78 is 5.13. The zero-order valence-corrected chi connectivity index (χ0v) is 10.3. The molecule has 0 amide bonds. The van der Waals surface area contributed by atoms with Crippen LogP contribution in [0.25, 0.3) is 0 Å². The Morgan fingerprint density at radius 3 is 2.88 bits per heavy atom. The van der Waals surface area contributed by atoms with Crippen molar-refractivity contribution in [1.82, 2.24) is 4.90 Å². The largest absolute Gasteiger partial charge is 0.466 e. The highest BCUT2D eigenvalue weighted by molar-refractivity contribution is 5.72. The molecule has 0 aromatic heterocycles. The quantitative estimate of drug-likeness (QED) is 0.675. The second-order valence-corrected chi connectivity index (χ2v) is 5.00. The van der Waals surface area contributed by atoms with Crippen molar-refractivity contribution < 1.29 is 9.53 Å². The van der Waals surface area contributed by atoms with Crippen molar-refractivity contribution in [3.05, 3.63) is 0 Å². The number of rotatable bonds is 2. The second kappa shape index (κ2) is 5.67. The number of hydrogen-bond acceptors (Lipinski definition) is 3. The Bertz CT molecular complexity index is 226. The predicted molar refractivity (Wildman–Crippen MR) is 63.2 cm³/mol. The van der Waals surface area contributed by atoms with Crippen LogP contribution in [0.15, 0.2) is 0 Å². The molecule has 2 heterocycles. The SMILES string of the molecule is CCOC(=O)C1CCC2CCCCN2CC1. The van der Waals surface area contributed by atoms with Crippen LogP contribution in [0.4, 0.5) is 0 Å². The molecule has 0 aliphatic carbocycles. The second-order valence-electron chi connectivity index (χ2n) is 5.00. The van der Waals surface area contributed by atoms with E-state index in [4.69, 9.17) is 4.74 Å². The van der Waals surface area contributed by atoms with Crippen LogP contribution in [0, 0.1) is 5.92 Å². The third-order valence-corrected chi connectivity index (χ3v) is 3.98. The molecule has 2 aliphatic rings. The first-order valence-corrected chi connectivity index (χ1v) is 6.72. The minimum absolute atomic E-state index is 0.0300. The molecule has 0 N–H and O–H groups in total. The highest BCUT2D eigenvalue weighted by Gasteiger charge is 2.30. The van der Waals surface area contributed by atoms with E-state index in [0.29, 0.717) is 6.61 Å². The average molecular weight is 225 g/mol. The molecule has 2 atom stereocenters.